The maximum Gasteiger partial charge on any atom is 0.423 e. The second-order valence-corrected chi connectivity index (χ2v) is 7.31. The molecule has 0 atom stereocenters. The van der Waals surface area contributed by atoms with E-state index in [0.29, 0.717) is 6.54 Å². The van der Waals surface area contributed by atoms with Gasteiger partial charge in [-0.15, -0.1) is 0 Å². The van der Waals surface area contributed by atoms with Crippen molar-refractivity contribution in [3.05, 3.63) is 40.5 Å². The average Bonchev–Trinajstić information content (AvgIpc) is 2.64. The summed E-state index contributed by atoms with van der Waals surface area (Å²) in [5.74, 6) is -0.201. The normalized spacial score (nSPS) is 15.6. The molecular weight excluding hydrogens is 423 g/mol. The van der Waals surface area contributed by atoms with Gasteiger partial charge in [0.05, 0.1) is 5.69 Å². The molecule has 4 nitrogen and oxygen atoms in total. The van der Waals surface area contributed by atoms with Gasteiger partial charge in [-0.2, -0.15) is 18.2 Å². The smallest absolute Gasteiger partial charge is 0.423 e. The van der Waals surface area contributed by atoms with Gasteiger partial charge in [-0.05, 0) is 60.7 Å². The Morgan fingerprint density at radius 2 is 1.89 bits per heavy atom. The highest BCUT2D eigenvalue weighted by Crippen LogP contribution is 2.38. The highest BCUT2D eigenvalue weighted by molar-refractivity contribution is 9.10. The first-order valence-corrected chi connectivity index (χ1v) is 9.82. The van der Waals surface area contributed by atoms with Gasteiger partial charge in [-0.1, -0.05) is 18.6 Å². The molecule has 1 aliphatic carbocycles. The van der Waals surface area contributed by atoms with Crippen molar-refractivity contribution in [2.24, 2.45) is 0 Å². The summed E-state index contributed by atoms with van der Waals surface area (Å²) in [5.41, 5.74) is -0.150. The Hall–Kier alpha value is -1.83. The predicted molar refractivity (Wildman–Crippen MR) is 101 cm³/mol. The first-order chi connectivity index (χ1) is 12.9. The van der Waals surface area contributed by atoms with Crippen LogP contribution in [0.4, 0.5) is 24.8 Å². The van der Waals surface area contributed by atoms with Crippen LogP contribution in [0.2, 0.25) is 0 Å². The molecule has 0 spiro atoms. The lowest BCUT2D eigenvalue weighted by atomic mass is 9.98. The molecule has 0 amide bonds. The Labute approximate surface area is 164 Å². The summed E-state index contributed by atoms with van der Waals surface area (Å²) >= 11 is 3.47. The summed E-state index contributed by atoms with van der Waals surface area (Å²) in [7, 11) is 0. The minimum absolute atomic E-state index is 0.184. The van der Waals surface area contributed by atoms with Crippen molar-refractivity contribution in [1.29, 1.82) is 0 Å². The fourth-order valence-corrected chi connectivity index (χ4v) is 3.70. The van der Waals surface area contributed by atoms with Crippen LogP contribution < -0.4 is 9.64 Å². The minimum Gasteiger partial charge on any atom is -0.474 e. The predicted octanol–water partition coefficient (Wildman–Crippen LogP) is 6.13. The van der Waals surface area contributed by atoms with Gasteiger partial charge in [0.15, 0.2) is 0 Å². The fourth-order valence-electron chi connectivity index (χ4n) is 3.20. The summed E-state index contributed by atoms with van der Waals surface area (Å²) in [6.45, 7) is 2.39. The molecule has 2 aromatic rings. The molecule has 8 heteroatoms. The van der Waals surface area contributed by atoms with Crippen LogP contribution in [0.25, 0.3) is 0 Å². The van der Waals surface area contributed by atoms with Gasteiger partial charge in [-0.25, -0.2) is 4.98 Å². The van der Waals surface area contributed by atoms with E-state index in [0.717, 1.165) is 48.5 Å². The van der Waals surface area contributed by atoms with Crippen molar-refractivity contribution in [2.45, 2.75) is 51.3 Å². The van der Waals surface area contributed by atoms with Crippen LogP contribution in [-0.2, 0) is 6.18 Å². The van der Waals surface area contributed by atoms with E-state index in [1.165, 1.54) is 0 Å². The molecule has 0 saturated heterocycles. The number of benzene rings is 1. The van der Waals surface area contributed by atoms with Crippen LogP contribution in [0.15, 0.2) is 34.9 Å². The van der Waals surface area contributed by atoms with Gasteiger partial charge in [0, 0.05) is 17.2 Å². The Kier molecular flexibility index (Phi) is 6.24. The fraction of sp³-hybridized carbons (Fsp3) is 0.474. The van der Waals surface area contributed by atoms with Crippen LogP contribution in [0, 0.1) is 0 Å². The zero-order valence-corrected chi connectivity index (χ0v) is 16.6. The third-order valence-electron chi connectivity index (χ3n) is 4.58. The van der Waals surface area contributed by atoms with Gasteiger partial charge in [0.2, 0.25) is 11.8 Å². The van der Waals surface area contributed by atoms with Crippen molar-refractivity contribution in [2.75, 3.05) is 11.4 Å². The number of halogens is 4. The van der Waals surface area contributed by atoms with Crippen LogP contribution in [0.3, 0.4) is 0 Å². The summed E-state index contributed by atoms with van der Waals surface area (Å²) in [4.78, 5) is 9.90. The lowest BCUT2D eigenvalue weighted by Crippen LogP contribution is -2.24. The first kappa shape index (κ1) is 19.9. The molecule has 1 heterocycles. The lowest BCUT2D eigenvalue weighted by Gasteiger charge is -2.26. The third kappa shape index (κ3) is 4.72. The number of hydrogen-bond acceptors (Lipinski definition) is 4. The molecular formula is C19H21BrF3N3O. The molecule has 0 N–H and O–H groups in total. The largest absolute Gasteiger partial charge is 0.474 e. The summed E-state index contributed by atoms with van der Waals surface area (Å²) < 4.78 is 46.8. The van der Waals surface area contributed by atoms with E-state index >= 15 is 0 Å². The number of hydrogen-bond donors (Lipinski definition) is 0. The van der Waals surface area contributed by atoms with Crippen molar-refractivity contribution in [3.63, 3.8) is 0 Å². The minimum atomic E-state index is -4.56. The number of ether oxygens (including phenoxy) is 1. The molecule has 1 fully saturated rings. The number of para-hydroxylation sites is 1. The molecule has 1 saturated carbocycles. The van der Waals surface area contributed by atoms with E-state index in [1.807, 2.05) is 31.2 Å². The van der Waals surface area contributed by atoms with Gasteiger partial charge >= 0.3 is 6.18 Å². The number of rotatable bonds is 5. The van der Waals surface area contributed by atoms with Gasteiger partial charge in [-0.3, -0.25) is 0 Å². The Balaban J connectivity index is 1.98. The van der Waals surface area contributed by atoms with Crippen molar-refractivity contribution < 1.29 is 17.9 Å². The zero-order valence-electron chi connectivity index (χ0n) is 15.0. The van der Waals surface area contributed by atoms with Gasteiger partial charge < -0.3 is 9.64 Å². The van der Waals surface area contributed by atoms with E-state index in [9.17, 15) is 13.2 Å². The quantitative estimate of drug-likeness (QED) is 0.557. The van der Waals surface area contributed by atoms with E-state index in [4.69, 9.17) is 4.74 Å². The van der Waals surface area contributed by atoms with Crippen molar-refractivity contribution >= 4 is 27.6 Å². The van der Waals surface area contributed by atoms with Crippen LogP contribution in [0.5, 0.6) is 5.88 Å². The Morgan fingerprint density at radius 1 is 1.19 bits per heavy atom. The topological polar surface area (TPSA) is 38.2 Å². The maximum atomic E-state index is 13.4. The second kappa shape index (κ2) is 8.46. The number of alkyl halides is 3. The molecule has 0 aliphatic heterocycles. The Morgan fingerprint density at radius 3 is 2.52 bits per heavy atom. The van der Waals surface area contributed by atoms with Crippen LogP contribution in [-0.4, -0.2) is 22.6 Å². The second-order valence-electron chi connectivity index (χ2n) is 6.46. The standard InChI is InChI=1S/C19H21BrF3N3O/c1-2-26(16-11-7-6-10-15(16)20)18-24-12-14(19(21,22)23)17(25-18)27-13-8-4-3-5-9-13/h6-7,10-13H,2-5,8-9H2,1H3. The summed E-state index contributed by atoms with van der Waals surface area (Å²) in [6, 6.07) is 7.44. The van der Waals surface area contributed by atoms with Crippen LogP contribution >= 0.6 is 15.9 Å². The third-order valence-corrected chi connectivity index (χ3v) is 5.25. The highest BCUT2D eigenvalue weighted by Gasteiger charge is 2.37. The van der Waals surface area contributed by atoms with E-state index < -0.39 is 11.7 Å². The first-order valence-electron chi connectivity index (χ1n) is 9.03. The summed E-state index contributed by atoms with van der Waals surface area (Å²) in [6.07, 6.45) is 0.529. The SMILES string of the molecule is CCN(c1ncc(C(F)(F)F)c(OC2CCCCC2)n1)c1ccccc1Br. The summed E-state index contributed by atoms with van der Waals surface area (Å²) in [5, 5.41) is 0. The molecule has 3 rings (SSSR count). The molecule has 27 heavy (non-hydrogen) atoms. The zero-order chi connectivity index (χ0) is 19.4. The van der Waals surface area contributed by atoms with Gasteiger partial charge in [0.25, 0.3) is 0 Å². The molecule has 0 unspecified atom stereocenters. The number of nitrogens with zero attached hydrogens (tertiary/aromatic N) is 3. The monoisotopic (exact) mass is 443 g/mol. The molecule has 0 bridgehead atoms. The lowest BCUT2D eigenvalue weighted by molar-refractivity contribution is -0.140. The molecule has 1 aliphatic rings. The molecule has 1 aromatic carbocycles. The van der Waals surface area contributed by atoms with E-state index in [1.54, 1.807) is 4.90 Å². The van der Waals surface area contributed by atoms with Gasteiger partial charge in [0.1, 0.15) is 11.7 Å². The Bertz CT molecular complexity index is 779. The van der Waals surface area contributed by atoms with Crippen molar-refractivity contribution in [1.82, 2.24) is 9.97 Å². The van der Waals surface area contributed by atoms with E-state index in [2.05, 4.69) is 25.9 Å². The van der Waals surface area contributed by atoms with Crippen LogP contribution in [0.1, 0.15) is 44.6 Å². The highest BCUT2D eigenvalue weighted by atomic mass is 79.9. The number of aromatic nitrogens is 2. The van der Waals surface area contributed by atoms with E-state index in [-0.39, 0.29) is 17.9 Å². The molecule has 146 valence electrons. The molecule has 0 radical (unpaired) electrons. The van der Waals surface area contributed by atoms with Crippen molar-refractivity contribution in [3.8, 4) is 5.88 Å². The average molecular weight is 444 g/mol. The maximum absolute atomic E-state index is 13.4. The molecule has 1 aromatic heterocycles. The number of anilines is 2.